The SMILES string of the molecule is CC(C(=O)NCC(=O)Nc1ccc(Cl)cc1)S(C)(=O)=O. The zero-order valence-electron chi connectivity index (χ0n) is 11.0. The van der Waals surface area contributed by atoms with Crippen molar-refractivity contribution in [2.24, 2.45) is 0 Å². The largest absolute Gasteiger partial charge is 0.346 e. The van der Waals surface area contributed by atoms with E-state index in [-0.39, 0.29) is 6.54 Å². The third-order valence-electron chi connectivity index (χ3n) is 2.56. The van der Waals surface area contributed by atoms with Crippen LogP contribution in [0.2, 0.25) is 5.02 Å². The van der Waals surface area contributed by atoms with Crippen LogP contribution in [-0.2, 0) is 19.4 Å². The standard InChI is InChI=1S/C12H15ClN2O4S/c1-8(20(2,18)19)12(17)14-7-11(16)15-10-5-3-9(13)4-6-10/h3-6,8H,7H2,1-2H3,(H,14,17)(H,15,16). The Hall–Kier alpha value is -1.60. The second-order valence-corrected chi connectivity index (χ2v) is 7.05. The smallest absolute Gasteiger partial charge is 0.243 e. The molecule has 0 spiro atoms. The van der Waals surface area contributed by atoms with E-state index in [9.17, 15) is 18.0 Å². The molecule has 0 saturated heterocycles. The van der Waals surface area contributed by atoms with E-state index in [0.29, 0.717) is 10.7 Å². The van der Waals surface area contributed by atoms with Gasteiger partial charge in [0.25, 0.3) is 0 Å². The van der Waals surface area contributed by atoms with Gasteiger partial charge >= 0.3 is 0 Å². The zero-order valence-corrected chi connectivity index (χ0v) is 12.6. The molecule has 0 bridgehead atoms. The summed E-state index contributed by atoms with van der Waals surface area (Å²) in [5, 5.41) is 4.16. The van der Waals surface area contributed by atoms with E-state index in [2.05, 4.69) is 10.6 Å². The van der Waals surface area contributed by atoms with Gasteiger partial charge in [-0.15, -0.1) is 0 Å². The van der Waals surface area contributed by atoms with Crippen LogP contribution in [-0.4, -0.2) is 38.3 Å². The van der Waals surface area contributed by atoms with Gasteiger partial charge in [0.2, 0.25) is 11.8 Å². The number of hydrogen-bond donors (Lipinski definition) is 2. The summed E-state index contributed by atoms with van der Waals surface area (Å²) in [5.41, 5.74) is 0.532. The maximum Gasteiger partial charge on any atom is 0.243 e. The molecular weight excluding hydrogens is 304 g/mol. The van der Waals surface area contributed by atoms with Crippen LogP contribution >= 0.6 is 11.6 Å². The monoisotopic (exact) mass is 318 g/mol. The van der Waals surface area contributed by atoms with Crippen molar-refractivity contribution in [3.05, 3.63) is 29.3 Å². The molecule has 0 saturated carbocycles. The molecule has 110 valence electrons. The molecule has 1 unspecified atom stereocenters. The van der Waals surface area contributed by atoms with Crippen LogP contribution in [0.5, 0.6) is 0 Å². The number of carbonyl (C=O) groups excluding carboxylic acids is 2. The first-order valence-electron chi connectivity index (χ1n) is 5.72. The van der Waals surface area contributed by atoms with Crippen LogP contribution in [0.4, 0.5) is 5.69 Å². The summed E-state index contributed by atoms with van der Waals surface area (Å²) in [6.07, 6.45) is 0.963. The van der Waals surface area contributed by atoms with Gasteiger partial charge in [-0.05, 0) is 31.2 Å². The lowest BCUT2D eigenvalue weighted by Crippen LogP contribution is -2.41. The fourth-order valence-corrected chi connectivity index (χ4v) is 1.84. The number of nitrogens with one attached hydrogen (secondary N) is 2. The molecule has 0 heterocycles. The number of rotatable bonds is 5. The number of amides is 2. The van der Waals surface area contributed by atoms with Gasteiger partial charge in [-0.2, -0.15) is 0 Å². The summed E-state index contributed by atoms with van der Waals surface area (Å²) in [6, 6.07) is 6.45. The van der Waals surface area contributed by atoms with E-state index in [1.54, 1.807) is 24.3 Å². The van der Waals surface area contributed by atoms with Crippen molar-refractivity contribution < 1.29 is 18.0 Å². The Morgan fingerprint density at radius 1 is 1.25 bits per heavy atom. The topological polar surface area (TPSA) is 92.3 Å². The molecule has 0 aromatic heterocycles. The minimum absolute atomic E-state index is 0.304. The maximum absolute atomic E-state index is 11.6. The van der Waals surface area contributed by atoms with Gasteiger partial charge in [0, 0.05) is 17.0 Å². The fourth-order valence-electron chi connectivity index (χ4n) is 1.24. The number of halogens is 1. The van der Waals surface area contributed by atoms with Crippen LogP contribution < -0.4 is 10.6 Å². The average molecular weight is 319 g/mol. The molecule has 0 aliphatic carbocycles. The first-order chi connectivity index (χ1) is 9.20. The van der Waals surface area contributed by atoms with E-state index in [1.807, 2.05) is 0 Å². The van der Waals surface area contributed by atoms with Crippen molar-refractivity contribution in [3.63, 3.8) is 0 Å². The highest BCUT2D eigenvalue weighted by atomic mass is 35.5. The van der Waals surface area contributed by atoms with Gasteiger partial charge in [0.05, 0.1) is 6.54 Å². The molecule has 0 radical (unpaired) electrons. The quantitative estimate of drug-likeness (QED) is 0.841. The number of benzene rings is 1. The Kier molecular flexibility index (Phi) is 5.52. The zero-order chi connectivity index (χ0) is 15.3. The number of anilines is 1. The van der Waals surface area contributed by atoms with Gasteiger partial charge in [0.1, 0.15) is 5.25 Å². The highest BCUT2D eigenvalue weighted by Crippen LogP contribution is 2.12. The van der Waals surface area contributed by atoms with Crippen molar-refractivity contribution in [2.75, 3.05) is 18.1 Å². The van der Waals surface area contributed by atoms with E-state index < -0.39 is 26.9 Å². The van der Waals surface area contributed by atoms with E-state index in [1.165, 1.54) is 6.92 Å². The number of sulfone groups is 1. The van der Waals surface area contributed by atoms with Crippen LogP contribution in [0.25, 0.3) is 0 Å². The molecule has 0 aliphatic heterocycles. The van der Waals surface area contributed by atoms with Crippen LogP contribution in [0.1, 0.15) is 6.92 Å². The minimum Gasteiger partial charge on any atom is -0.346 e. The molecule has 0 aliphatic rings. The first kappa shape index (κ1) is 16.5. The van der Waals surface area contributed by atoms with Gasteiger partial charge in [0.15, 0.2) is 9.84 Å². The average Bonchev–Trinajstić information content (AvgIpc) is 2.36. The highest BCUT2D eigenvalue weighted by molar-refractivity contribution is 7.92. The summed E-state index contributed by atoms with van der Waals surface area (Å²) in [7, 11) is -3.47. The van der Waals surface area contributed by atoms with Crippen molar-refractivity contribution >= 4 is 38.9 Å². The normalized spacial score (nSPS) is 12.6. The number of hydrogen-bond acceptors (Lipinski definition) is 4. The first-order valence-corrected chi connectivity index (χ1v) is 8.05. The van der Waals surface area contributed by atoms with E-state index in [0.717, 1.165) is 6.26 Å². The summed E-state index contributed by atoms with van der Waals surface area (Å²) in [6.45, 7) is 0.961. The second kappa shape index (κ2) is 6.71. The van der Waals surface area contributed by atoms with Gasteiger partial charge in [-0.25, -0.2) is 8.42 Å². The highest BCUT2D eigenvalue weighted by Gasteiger charge is 2.23. The van der Waals surface area contributed by atoms with Crippen LogP contribution in [0.15, 0.2) is 24.3 Å². The number of carbonyl (C=O) groups is 2. The third-order valence-corrected chi connectivity index (χ3v) is 4.31. The van der Waals surface area contributed by atoms with Crippen LogP contribution in [0, 0.1) is 0 Å². The Morgan fingerprint density at radius 3 is 2.30 bits per heavy atom. The molecule has 1 aromatic rings. The molecule has 2 amide bonds. The Morgan fingerprint density at radius 2 is 1.80 bits per heavy atom. The molecule has 1 aromatic carbocycles. The maximum atomic E-state index is 11.6. The van der Waals surface area contributed by atoms with Crippen molar-refractivity contribution in [2.45, 2.75) is 12.2 Å². The molecule has 2 N–H and O–H groups in total. The van der Waals surface area contributed by atoms with Crippen LogP contribution in [0.3, 0.4) is 0 Å². The molecular formula is C12H15ClN2O4S. The predicted molar refractivity (Wildman–Crippen MR) is 77.4 cm³/mol. The fraction of sp³-hybridized carbons (Fsp3) is 0.333. The third kappa shape index (κ3) is 5.18. The summed E-state index contributed by atoms with van der Waals surface area (Å²) in [4.78, 5) is 23.1. The lowest BCUT2D eigenvalue weighted by Gasteiger charge is -2.10. The molecule has 1 atom stereocenters. The lowest BCUT2D eigenvalue weighted by molar-refractivity contribution is -0.123. The minimum atomic E-state index is -3.47. The molecule has 8 heteroatoms. The molecule has 1 rings (SSSR count). The van der Waals surface area contributed by atoms with Crippen molar-refractivity contribution in [1.82, 2.24) is 5.32 Å². The van der Waals surface area contributed by atoms with Gasteiger partial charge in [-0.1, -0.05) is 11.6 Å². The van der Waals surface area contributed by atoms with Gasteiger partial charge < -0.3 is 10.6 Å². The van der Waals surface area contributed by atoms with E-state index >= 15 is 0 Å². The summed E-state index contributed by atoms with van der Waals surface area (Å²) < 4.78 is 22.3. The Balaban J connectivity index is 2.48. The molecule has 20 heavy (non-hydrogen) atoms. The van der Waals surface area contributed by atoms with Crippen molar-refractivity contribution in [3.8, 4) is 0 Å². The van der Waals surface area contributed by atoms with E-state index in [4.69, 9.17) is 11.6 Å². The molecule has 0 fully saturated rings. The summed E-state index contributed by atoms with van der Waals surface area (Å²) in [5.74, 6) is -1.17. The second-order valence-electron chi connectivity index (χ2n) is 4.24. The van der Waals surface area contributed by atoms with Gasteiger partial charge in [-0.3, -0.25) is 9.59 Å². The summed E-state index contributed by atoms with van der Waals surface area (Å²) >= 11 is 5.70. The van der Waals surface area contributed by atoms with Crippen molar-refractivity contribution in [1.29, 1.82) is 0 Å². The lowest BCUT2D eigenvalue weighted by atomic mass is 10.3. The predicted octanol–water partition coefficient (Wildman–Crippen LogP) is 0.828. The molecule has 6 nitrogen and oxygen atoms in total. The Bertz CT molecular complexity index is 598. The Labute approximate surface area is 122 Å².